The van der Waals surface area contributed by atoms with Crippen LogP contribution >= 0.6 is 0 Å². The number of benzene rings is 7. The molecule has 9 rings (SSSR count). The Morgan fingerprint density at radius 3 is 0.924 bits per heavy atom. The summed E-state index contributed by atoms with van der Waals surface area (Å²) in [6, 6.07) is 55.6. The van der Waals surface area contributed by atoms with Gasteiger partial charge in [-0.05, 0) is 84.9 Å². The van der Waals surface area contributed by atoms with E-state index in [2.05, 4.69) is 0 Å². The van der Waals surface area contributed by atoms with Gasteiger partial charge in [0.05, 0.1) is 38.9 Å². The summed E-state index contributed by atoms with van der Waals surface area (Å²) < 4.78 is 62.9. The molecule has 2 saturated heterocycles. The number of rotatable bonds is 18. The average molecular weight is 1070 g/mol. The second-order valence-corrected chi connectivity index (χ2v) is 18.2. The lowest BCUT2D eigenvalue weighted by atomic mass is 9.91. The molecule has 0 N–H and O–H groups in total. The van der Waals surface area contributed by atoms with E-state index in [0.29, 0.717) is 0 Å². The Morgan fingerprint density at radius 1 is 0.304 bits per heavy atom. The maximum Gasteiger partial charge on any atom is 0.340 e. The lowest BCUT2D eigenvalue weighted by Crippen LogP contribution is -2.65. The molecule has 17 heteroatoms. The van der Waals surface area contributed by atoms with E-state index in [1.54, 1.807) is 134 Å². The minimum atomic E-state index is -1.90. The highest BCUT2D eigenvalue weighted by atomic mass is 16.8. The summed E-state index contributed by atoms with van der Waals surface area (Å²) in [6.07, 6.45) is -15.0. The Kier molecular flexibility index (Phi) is 18.1. The van der Waals surface area contributed by atoms with E-state index in [1.165, 1.54) is 84.9 Å². The van der Waals surface area contributed by atoms with Crippen LogP contribution in [-0.4, -0.2) is 110 Å². The quantitative estimate of drug-likeness (QED) is 0.0580. The van der Waals surface area contributed by atoms with Crippen LogP contribution < -0.4 is 0 Å². The third kappa shape index (κ3) is 13.8. The lowest BCUT2D eigenvalue weighted by molar-refractivity contribution is -0.344. The summed E-state index contributed by atoms with van der Waals surface area (Å²) in [5, 5.41) is 0. The Balaban J connectivity index is 1.15. The first kappa shape index (κ1) is 54.5. The Morgan fingerprint density at radius 2 is 0.570 bits per heavy atom. The largest absolute Gasteiger partial charge is 0.459 e. The number of ether oxygens (including phenoxy) is 10. The molecule has 10 unspecified atom stereocenters. The molecular weight excluding hydrogens is 1020 g/mol. The Hall–Kier alpha value is -9.29. The van der Waals surface area contributed by atoms with Crippen LogP contribution in [0.3, 0.4) is 0 Å². The van der Waals surface area contributed by atoms with Crippen molar-refractivity contribution in [2.45, 2.75) is 62.2 Å². The summed E-state index contributed by atoms with van der Waals surface area (Å²) in [6.45, 7) is 0.270. The molecule has 0 saturated carbocycles. The Bertz CT molecular complexity index is 3170. The lowest BCUT2D eigenvalue weighted by Gasteiger charge is -2.48. The SMILES string of the molecule is CC1C(OC2C(COC(=O)c3ccccc3)OC(OC(=O)c3ccccc3)C(OC(=O)c3ccccc3)C2OC(=O)c2ccccc2)OC(COC(=O)c2ccccc2)C(OC(=O)c2ccccc2)C1OC(=O)c1ccccc1. The molecule has 10 atom stereocenters. The fourth-order valence-corrected chi connectivity index (χ4v) is 8.77. The molecule has 0 aromatic heterocycles. The van der Waals surface area contributed by atoms with Gasteiger partial charge in [0, 0.05) is 5.92 Å². The molecule has 0 amide bonds. The van der Waals surface area contributed by atoms with E-state index < -0.39 is 116 Å². The Labute approximate surface area is 453 Å². The first-order chi connectivity index (χ1) is 38.5. The predicted molar refractivity (Wildman–Crippen MR) is 279 cm³/mol. The van der Waals surface area contributed by atoms with Gasteiger partial charge >= 0.3 is 41.8 Å². The van der Waals surface area contributed by atoms with E-state index >= 15 is 0 Å². The first-order valence-corrected chi connectivity index (χ1v) is 25.2. The van der Waals surface area contributed by atoms with Gasteiger partial charge in [-0.2, -0.15) is 0 Å². The van der Waals surface area contributed by atoms with E-state index in [-0.39, 0.29) is 38.9 Å². The maximum atomic E-state index is 14.5. The van der Waals surface area contributed by atoms with E-state index in [0.717, 1.165) is 0 Å². The van der Waals surface area contributed by atoms with Crippen molar-refractivity contribution in [3.05, 3.63) is 251 Å². The highest BCUT2D eigenvalue weighted by Crippen LogP contribution is 2.38. The summed E-state index contributed by atoms with van der Waals surface area (Å²) >= 11 is 0. The van der Waals surface area contributed by atoms with Crippen molar-refractivity contribution in [1.29, 1.82) is 0 Å². The van der Waals surface area contributed by atoms with E-state index in [1.807, 2.05) is 0 Å². The van der Waals surface area contributed by atoms with Crippen LogP contribution in [0.15, 0.2) is 212 Å². The van der Waals surface area contributed by atoms with Crippen LogP contribution in [-0.2, 0) is 47.4 Å². The van der Waals surface area contributed by atoms with E-state index in [9.17, 15) is 33.6 Å². The molecule has 0 bridgehead atoms. The standard InChI is InChI=1S/C62H52O17/c1-39-49(74-56(65)42-27-13-4-14-28-42)50(75-57(66)43-29-15-5-16-30-43)47(37-70-54(63)40-23-9-2-10-24-40)72-61(39)78-51-48(38-71-55(64)41-25-11-3-12-26-41)73-62(79-60(69)46-35-21-8-22-36-46)53(77-59(68)45-33-19-7-20-34-45)52(51)76-58(67)44-31-17-6-18-32-44/h2-36,39,47-53,61-62H,37-38H2,1H3. The molecule has 79 heavy (non-hydrogen) atoms. The number of esters is 7. The topological polar surface area (TPSA) is 212 Å². The average Bonchev–Trinajstić information content (AvgIpc) is 3.56. The fraction of sp³-hybridized carbons (Fsp3) is 0.210. The molecule has 17 nitrogen and oxygen atoms in total. The molecule has 7 aromatic rings. The monoisotopic (exact) mass is 1070 g/mol. The van der Waals surface area contributed by atoms with Gasteiger partial charge in [-0.1, -0.05) is 134 Å². The summed E-state index contributed by atoms with van der Waals surface area (Å²) in [4.78, 5) is 98.3. The van der Waals surface area contributed by atoms with Crippen molar-refractivity contribution in [2.75, 3.05) is 13.2 Å². The molecule has 2 fully saturated rings. The number of hydrogen-bond donors (Lipinski definition) is 0. The van der Waals surface area contributed by atoms with Gasteiger partial charge in [0.15, 0.2) is 18.5 Å². The van der Waals surface area contributed by atoms with Gasteiger partial charge in [-0.25, -0.2) is 33.6 Å². The van der Waals surface area contributed by atoms with Crippen molar-refractivity contribution in [3.8, 4) is 0 Å². The second-order valence-electron chi connectivity index (χ2n) is 18.2. The van der Waals surface area contributed by atoms with Gasteiger partial charge in [-0.15, -0.1) is 0 Å². The molecule has 2 aliphatic heterocycles. The predicted octanol–water partition coefficient (Wildman–Crippen LogP) is 8.93. The highest BCUT2D eigenvalue weighted by Gasteiger charge is 2.57. The molecule has 7 aromatic carbocycles. The van der Waals surface area contributed by atoms with Gasteiger partial charge in [0.25, 0.3) is 0 Å². The van der Waals surface area contributed by atoms with Crippen molar-refractivity contribution in [2.24, 2.45) is 5.92 Å². The van der Waals surface area contributed by atoms with Crippen molar-refractivity contribution in [1.82, 2.24) is 0 Å². The molecule has 0 radical (unpaired) electrons. The molecule has 2 heterocycles. The zero-order chi connectivity index (χ0) is 55.1. The number of carbonyl (C=O) groups excluding carboxylic acids is 7. The zero-order valence-corrected chi connectivity index (χ0v) is 42.3. The molecule has 2 aliphatic rings. The van der Waals surface area contributed by atoms with Gasteiger partial charge in [0.2, 0.25) is 12.4 Å². The van der Waals surface area contributed by atoms with E-state index in [4.69, 9.17) is 47.4 Å². The van der Waals surface area contributed by atoms with Crippen LogP contribution in [0.5, 0.6) is 0 Å². The van der Waals surface area contributed by atoms with Crippen molar-refractivity contribution in [3.63, 3.8) is 0 Å². The summed E-state index contributed by atoms with van der Waals surface area (Å²) in [5.74, 6) is -7.27. The molecule has 0 spiro atoms. The van der Waals surface area contributed by atoms with Crippen molar-refractivity contribution >= 4 is 41.8 Å². The van der Waals surface area contributed by atoms with Crippen LogP contribution in [0.2, 0.25) is 0 Å². The van der Waals surface area contributed by atoms with Crippen LogP contribution in [0.1, 0.15) is 79.4 Å². The van der Waals surface area contributed by atoms with Gasteiger partial charge < -0.3 is 47.4 Å². The molecular formula is C62H52O17. The third-order valence-corrected chi connectivity index (χ3v) is 12.8. The second kappa shape index (κ2) is 26.2. The summed E-state index contributed by atoms with van der Waals surface area (Å²) in [7, 11) is 0. The first-order valence-electron chi connectivity index (χ1n) is 25.2. The van der Waals surface area contributed by atoms with Crippen LogP contribution in [0.25, 0.3) is 0 Å². The highest BCUT2D eigenvalue weighted by molar-refractivity contribution is 5.93. The maximum absolute atomic E-state index is 14.5. The van der Waals surface area contributed by atoms with Crippen LogP contribution in [0, 0.1) is 5.92 Å². The molecule has 0 aliphatic carbocycles. The third-order valence-electron chi connectivity index (χ3n) is 12.8. The minimum Gasteiger partial charge on any atom is -0.459 e. The number of carbonyl (C=O) groups is 7. The van der Waals surface area contributed by atoms with Gasteiger partial charge in [-0.3, -0.25) is 0 Å². The number of hydrogen-bond acceptors (Lipinski definition) is 17. The minimum absolute atomic E-state index is 0.0457. The van der Waals surface area contributed by atoms with Crippen molar-refractivity contribution < 1.29 is 80.9 Å². The van der Waals surface area contributed by atoms with Crippen LogP contribution in [0.4, 0.5) is 0 Å². The van der Waals surface area contributed by atoms with Gasteiger partial charge in [0.1, 0.15) is 37.6 Å². The normalized spacial score (nSPS) is 22.4. The molecule has 402 valence electrons. The smallest absolute Gasteiger partial charge is 0.340 e. The zero-order valence-electron chi connectivity index (χ0n) is 42.3. The fourth-order valence-electron chi connectivity index (χ4n) is 8.77. The summed E-state index contributed by atoms with van der Waals surface area (Å²) in [5.41, 5.74) is 0.770.